The number of nitrogens with one attached hydrogen (secondary N) is 1. The fraction of sp³-hybridized carbons (Fsp3) is 0.0952. The zero-order valence-corrected chi connectivity index (χ0v) is 17.5. The van der Waals surface area contributed by atoms with E-state index >= 15 is 0 Å². The van der Waals surface area contributed by atoms with Crippen molar-refractivity contribution in [2.45, 2.75) is 18.7 Å². The molecule has 31 heavy (non-hydrogen) atoms. The maximum Gasteiger partial charge on any atom is 0.262 e. The summed E-state index contributed by atoms with van der Waals surface area (Å²) in [6.07, 6.45) is 3.40. The second-order valence-electron chi connectivity index (χ2n) is 6.70. The Morgan fingerprint density at radius 3 is 2.48 bits per heavy atom. The molecule has 2 aromatic carbocycles. The molecule has 0 amide bonds. The van der Waals surface area contributed by atoms with E-state index in [2.05, 4.69) is 19.8 Å². The van der Waals surface area contributed by atoms with Gasteiger partial charge in [0.1, 0.15) is 17.4 Å². The van der Waals surface area contributed by atoms with Gasteiger partial charge in [0, 0.05) is 24.1 Å². The molecule has 4 aromatic rings. The summed E-state index contributed by atoms with van der Waals surface area (Å²) in [5.41, 5.74) is 0.659. The van der Waals surface area contributed by atoms with Crippen LogP contribution in [0.5, 0.6) is 11.6 Å². The molecule has 0 bridgehead atoms. The molecule has 0 aliphatic heterocycles. The lowest BCUT2D eigenvalue weighted by molar-refractivity contribution is 0.459. The molecule has 0 aliphatic carbocycles. The molecular formula is C21H18FN5O3S. The molecule has 2 aromatic heterocycles. The Kier molecular flexibility index (Phi) is 5.38. The van der Waals surface area contributed by atoms with E-state index < -0.39 is 15.8 Å². The van der Waals surface area contributed by atoms with Gasteiger partial charge in [0.05, 0.1) is 4.90 Å². The van der Waals surface area contributed by atoms with E-state index in [-0.39, 0.29) is 4.90 Å². The largest absolute Gasteiger partial charge is 0.439 e. The first kappa shape index (κ1) is 20.5. The van der Waals surface area contributed by atoms with Crippen LogP contribution >= 0.6 is 0 Å². The molecule has 2 heterocycles. The molecule has 0 atom stereocenters. The lowest BCUT2D eigenvalue weighted by Gasteiger charge is -2.11. The number of hydrogen-bond acceptors (Lipinski definition) is 6. The minimum atomic E-state index is -3.86. The van der Waals surface area contributed by atoms with Crippen LogP contribution in [-0.2, 0) is 10.0 Å². The Bertz CT molecular complexity index is 1320. The minimum absolute atomic E-state index is 0.0110. The molecule has 0 saturated carbocycles. The average molecular weight is 439 g/mol. The SMILES string of the molecule is Cc1nc(Oc2ccc(NS(=O)(=O)c3ccc(F)cc3C)cc2)cc(-n2cccn2)n1. The minimum Gasteiger partial charge on any atom is -0.439 e. The van der Waals surface area contributed by atoms with E-state index in [0.717, 1.165) is 6.07 Å². The lowest BCUT2D eigenvalue weighted by Crippen LogP contribution is -2.14. The third-order valence-corrected chi connectivity index (χ3v) is 5.84. The number of aryl methyl sites for hydroxylation is 2. The highest BCUT2D eigenvalue weighted by Crippen LogP contribution is 2.25. The summed E-state index contributed by atoms with van der Waals surface area (Å²) < 4.78 is 48.3. The van der Waals surface area contributed by atoms with Crippen molar-refractivity contribution in [3.05, 3.63) is 84.2 Å². The molecule has 8 nitrogen and oxygen atoms in total. The number of benzene rings is 2. The van der Waals surface area contributed by atoms with Crippen LogP contribution in [0.4, 0.5) is 10.1 Å². The second-order valence-corrected chi connectivity index (χ2v) is 8.35. The van der Waals surface area contributed by atoms with E-state index in [1.54, 1.807) is 60.4 Å². The molecule has 0 radical (unpaired) electrons. The number of hydrogen-bond donors (Lipinski definition) is 1. The van der Waals surface area contributed by atoms with Gasteiger partial charge in [0.2, 0.25) is 5.88 Å². The summed E-state index contributed by atoms with van der Waals surface area (Å²) in [7, 11) is -3.86. The molecule has 4 rings (SSSR count). The number of anilines is 1. The number of rotatable bonds is 6. The van der Waals surface area contributed by atoms with Crippen molar-refractivity contribution >= 4 is 15.7 Å². The Hall–Kier alpha value is -3.79. The summed E-state index contributed by atoms with van der Waals surface area (Å²) in [5, 5.41) is 4.14. The summed E-state index contributed by atoms with van der Waals surface area (Å²) >= 11 is 0. The number of sulfonamides is 1. The quantitative estimate of drug-likeness (QED) is 0.487. The predicted octanol–water partition coefficient (Wildman–Crippen LogP) is 4.01. The zero-order valence-electron chi connectivity index (χ0n) is 16.7. The summed E-state index contributed by atoms with van der Waals surface area (Å²) in [5.74, 6) is 1.38. The normalized spacial score (nSPS) is 11.3. The monoisotopic (exact) mass is 439 g/mol. The predicted molar refractivity (Wildman–Crippen MR) is 112 cm³/mol. The van der Waals surface area contributed by atoms with E-state index in [0.29, 0.717) is 34.5 Å². The van der Waals surface area contributed by atoms with Gasteiger partial charge in [-0.15, -0.1) is 0 Å². The molecule has 0 saturated heterocycles. The average Bonchev–Trinajstić information content (AvgIpc) is 3.23. The first-order chi connectivity index (χ1) is 14.8. The van der Waals surface area contributed by atoms with Crippen molar-refractivity contribution in [3.63, 3.8) is 0 Å². The van der Waals surface area contributed by atoms with Crippen LogP contribution in [0, 0.1) is 19.7 Å². The number of nitrogens with zero attached hydrogens (tertiary/aromatic N) is 4. The Morgan fingerprint density at radius 1 is 1.03 bits per heavy atom. The van der Waals surface area contributed by atoms with Crippen molar-refractivity contribution in [2.75, 3.05) is 4.72 Å². The van der Waals surface area contributed by atoms with Crippen LogP contribution in [0.1, 0.15) is 11.4 Å². The standard InChI is InChI=1S/C21H18FN5O3S/c1-14-12-16(22)4-9-19(14)31(28,29)26-17-5-7-18(8-6-17)30-21-13-20(24-15(2)25-21)27-11-3-10-23-27/h3-13,26H,1-2H3. The Balaban J connectivity index is 1.51. The van der Waals surface area contributed by atoms with Gasteiger partial charge in [-0.2, -0.15) is 10.1 Å². The van der Waals surface area contributed by atoms with Crippen LogP contribution < -0.4 is 9.46 Å². The van der Waals surface area contributed by atoms with Crippen molar-refractivity contribution in [3.8, 4) is 17.4 Å². The Morgan fingerprint density at radius 2 is 1.81 bits per heavy atom. The molecule has 0 aliphatic rings. The summed E-state index contributed by atoms with van der Waals surface area (Å²) in [4.78, 5) is 8.59. The smallest absolute Gasteiger partial charge is 0.262 e. The van der Waals surface area contributed by atoms with Crippen LogP contribution in [0.15, 0.2) is 71.9 Å². The number of halogens is 1. The fourth-order valence-corrected chi connectivity index (χ4v) is 4.22. The molecular weight excluding hydrogens is 421 g/mol. The third kappa shape index (κ3) is 4.69. The second kappa shape index (κ2) is 8.15. The highest BCUT2D eigenvalue weighted by atomic mass is 32.2. The van der Waals surface area contributed by atoms with Crippen molar-refractivity contribution in [1.29, 1.82) is 0 Å². The van der Waals surface area contributed by atoms with Crippen LogP contribution in [0.3, 0.4) is 0 Å². The van der Waals surface area contributed by atoms with Crippen molar-refractivity contribution in [2.24, 2.45) is 0 Å². The molecule has 1 N–H and O–H groups in total. The first-order valence-corrected chi connectivity index (χ1v) is 10.7. The third-order valence-electron chi connectivity index (χ3n) is 4.30. The van der Waals surface area contributed by atoms with E-state index in [4.69, 9.17) is 4.74 Å². The highest BCUT2D eigenvalue weighted by Gasteiger charge is 2.17. The van der Waals surface area contributed by atoms with Gasteiger partial charge in [-0.3, -0.25) is 4.72 Å². The van der Waals surface area contributed by atoms with Gasteiger partial charge in [0.25, 0.3) is 10.0 Å². The molecule has 0 fully saturated rings. The van der Waals surface area contributed by atoms with Crippen LogP contribution in [-0.4, -0.2) is 28.2 Å². The van der Waals surface area contributed by atoms with Gasteiger partial charge < -0.3 is 4.74 Å². The fourth-order valence-electron chi connectivity index (χ4n) is 2.94. The van der Waals surface area contributed by atoms with Crippen LogP contribution in [0.2, 0.25) is 0 Å². The summed E-state index contributed by atoms with van der Waals surface area (Å²) in [6.45, 7) is 3.28. The van der Waals surface area contributed by atoms with Crippen molar-refractivity contribution < 1.29 is 17.5 Å². The van der Waals surface area contributed by atoms with Gasteiger partial charge >= 0.3 is 0 Å². The van der Waals surface area contributed by atoms with E-state index in [1.807, 2.05) is 0 Å². The molecule has 0 unspecified atom stereocenters. The molecule has 10 heteroatoms. The topological polar surface area (TPSA) is 99.0 Å². The van der Waals surface area contributed by atoms with Gasteiger partial charge in [-0.25, -0.2) is 22.5 Å². The zero-order chi connectivity index (χ0) is 22.0. The number of aromatic nitrogens is 4. The Labute approximate surface area is 178 Å². The van der Waals surface area contributed by atoms with Crippen LogP contribution in [0.25, 0.3) is 5.82 Å². The van der Waals surface area contributed by atoms with Crippen molar-refractivity contribution in [1.82, 2.24) is 19.7 Å². The molecule has 0 spiro atoms. The summed E-state index contributed by atoms with van der Waals surface area (Å²) in [6, 6.07) is 13.3. The number of ether oxygens (including phenoxy) is 1. The highest BCUT2D eigenvalue weighted by molar-refractivity contribution is 7.92. The molecule has 158 valence electrons. The van der Waals surface area contributed by atoms with E-state index in [9.17, 15) is 12.8 Å². The maximum absolute atomic E-state index is 13.3. The first-order valence-electron chi connectivity index (χ1n) is 9.23. The lowest BCUT2D eigenvalue weighted by atomic mass is 10.2. The van der Waals surface area contributed by atoms with Gasteiger partial charge in [-0.05, 0) is 67.9 Å². The van der Waals surface area contributed by atoms with Gasteiger partial charge in [0.15, 0.2) is 5.82 Å². The van der Waals surface area contributed by atoms with E-state index in [1.165, 1.54) is 19.1 Å². The van der Waals surface area contributed by atoms with Gasteiger partial charge in [-0.1, -0.05) is 0 Å². The maximum atomic E-state index is 13.3.